The van der Waals surface area contributed by atoms with Gasteiger partial charge in [0.15, 0.2) is 0 Å². The first-order valence-electron chi connectivity index (χ1n) is 10.6. The van der Waals surface area contributed by atoms with E-state index in [1.807, 2.05) is 55.5 Å². The fourth-order valence-corrected chi connectivity index (χ4v) is 4.01. The van der Waals surface area contributed by atoms with Crippen LogP contribution in [0.25, 0.3) is 0 Å². The van der Waals surface area contributed by atoms with Crippen molar-refractivity contribution in [3.05, 3.63) is 83.0 Å². The predicted octanol–water partition coefficient (Wildman–Crippen LogP) is 5.15. The number of carbonyl (C=O) groups excluding carboxylic acids is 2. The molecule has 0 aliphatic carbocycles. The fourth-order valence-electron chi connectivity index (χ4n) is 3.90. The molecule has 1 fully saturated rings. The number of halogens is 1. The molecule has 1 saturated heterocycles. The number of aromatic nitrogens is 1. The molecule has 32 heavy (non-hydrogen) atoms. The van der Waals surface area contributed by atoms with Gasteiger partial charge in [0, 0.05) is 42.1 Å². The van der Waals surface area contributed by atoms with Gasteiger partial charge in [0.1, 0.15) is 5.82 Å². The van der Waals surface area contributed by atoms with Crippen LogP contribution in [0, 0.1) is 12.8 Å². The fraction of sp³-hybridized carbons (Fsp3) is 0.240. The number of piperidine rings is 1. The van der Waals surface area contributed by atoms with Crippen molar-refractivity contribution < 1.29 is 9.59 Å². The molecule has 2 amide bonds. The Labute approximate surface area is 192 Å². The molecule has 0 bridgehead atoms. The van der Waals surface area contributed by atoms with Crippen LogP contribution in [0.1, 0.15) is 28.8 Å². The molecule has 7 heteroatoms. The van der Waals surface area contributed by atoms with Crippen LogP contribution in [-0.2, 0) is 4.79 Å². The molecule has 2 N–H and O–H groups in total. The van der Waals surface area contributed by atoms with Crippen LogP contribution in [0.5, 0.6) is 0 Å². The highest BCUT2D eigenvalue weighted by Gasteiger charge is 2.26. The summed E-state index contributed by atoms with van der Waals surface area (Å²) in [6.45, 7) is 3.36. The summed E-state index contributed by atoms with van der Waals surface area (Å²) < 4.78 is 0. The standard InChI is InChI=1S/C25H25ClN4O2/c1-17-21(25(32)28-20-6-3-2-4-7-20)8-5-9-22(17)29-24(31)18-12-14-30(15-13-18)23-11-10-19(26)16-27-23/h2-11,16,18H,12-15H2,1H3,(H,28,32)(H,29,31). The number of anilines is 3. The molecule has 2 heterocycles. The second kappa shape index (κ2) is 9.83. The third kappa shape index (κ3) is 5.08. The summed E-state index contributed by atoms with van der Waals surface area (Å²) >= 11 is 5.92. The lowest BCUT2D eigenvalue weighted by Crippen LogP contribution is -2.38. The zero-order valence-electron chi connectivity index (χ0n) is 17.8. The van der Waals surface area contributed by atoms with E-state index in [0.717, 1.165) is 43.0 Å². The molecule has 1 aliphatic heterocycles. The van der Waals surface area contributed by atoms with Crippen molar-refractivity contribution >= 4 is 40.6 Å². The highest BCUT2D eigenvalue weighted by molar-refractivity contribution is 6.30. The lowest BCUT2D eigenvalue weighted by molar-refractivity contribution is -0.120. The lowest BCUT2D eigenvalue weighted by Gasteiger charge is -2.32. The average Bonchev–Trinajstić information content (AvgIpc) is 2.81. The van der Waals surface area contributed by atoms with Crippen LogP contribution in [0.2, 0.25) is 5.02 Å². The number of rotatable bonds is 5. The number of carbonyl (C=O) groups is 2. The number of hydrogen-bond acceptors (Lipinski definition) is 4. The largest absolute Gasteiger partial charge is 0.357 e. The zero-order chi connectivity index (χ0) is 22.5. The number of nitrogens with zero attached hydrogens (tertiary/aromatic N) is 2. The van der Waals surface area contributed by atoms with Crippen molar-refractivity contribution in [3.8, 4) is 0 Å². The molecule has 0 atom stereocenters. The Morgan fingerprint density at radius 3 is 2.41 bits per heavy atom. The van der Waals surface area contributed by atoms with Crippen molar-refractivity contribution in [1.29, 1.82) is 0 Å². The summed E-state index contributed by atoms with van der Waals surface area (Å²) in [6, 6.07) is 18.4. The summed E-state index contributed by atoms with van der Waals surface area (Å²) in [5, 5.41) is 6.54. The van der Waals surface area contributed by atoms with Crippen LogP contribution >= 0.6 is 11.6 Å². The number of amides is 2. The lowest BCUT2D eigenvalue weighted by atomic mass is 9.95. The minimum Gasteiger partial charge on any atom is -0.357 e. The summed E-state index contributed by atoms with van der Waals surface area (Å²) in [7, 11) is 0. The predicted molar refractivity (Wildman–Crippen MR) is 128 cm³/mol. The molecule has 1 aliphatic rings. The van der Waals surface area contributed by atoms with Crippen LogP contribution < -0.4 is 15.5 Å². The SMILES string of the molecule is Cc1c(NC(=O)C2CCN(c3ccc(Cl)cn3)CC2)cccc1C(=O)Nc1ccccc1. The summed E-state index contributed by atoms with van der Waals surface area (Å²) in [5.41, 5.74) is 2.68. The smallest absolute Gasteiger partial charge is 0.256 e. The maximum Gasteiger partial charge on any atom is 0.256 e. The van der Waals surface area contributed by atoms with E-state index in [1.54, 1.807) is 18.3 Å². The van der Waals surface area contributed by atoms with Crippen molar-refractivity contribution in [2.24, 2.45) is 5.92 Å². The van der Waals surface area contributed by atoms with Gasteiger partial charge in [0.25, 0.3) is 5.91 Å². The highest BCUT2D eigenvalue weighted by atomic mass is 35.5. The van der Waals surface area contributed by atoms with Crippen LogP contribution in [-0.4, -0.2) is 29.9 Å². The van der Waals surface area contributed by atoms with E-state index < -0.39 is 0 Å². The van der Waals surface area contributed by atoms with Crippen molar-refractivity contribution in [2.75, 3.05) is 28.6 Å². The molecule has 2 aromatic carbocycles. The number of pyridine rings is 1. The van der Waals surface area contributed by atoms with Gasteiger partial charge in [-0.3, -0.25) is 9.59 Å². The van der Waals surface area contributed by atoms with E-state index in [2.05, 4.69) is 20.5 Å². The summed E-state index contributed by atoms with van der Waals surface area (Å²) in [6.07, 6.45) is 3.12. The zero-order valence-corrected chi connectivity index (χ0v) is 18.6. The van der Waals surface area contributed by atoms with Crippen LogP contribution in [0.15, 0.2) is 66.9 Å². The van der Waals surface area contributed by atoms with E-state index in [1.165, 1.54) is 0 Å². The van der Waals surface area contributed by atoms with E-state index >= 15 is 0 Å². The number of para-hydroxylation sites is 1. The van der Waals surface area contributed by atoms with Crippen molar-refractivity contribution in [1.82, 2.24) is 4.98 Å². The molecular formula is C25H25ClN4O2. The normalized spacial score (nSPS) is 14.1. The maximum atomic E-state index is 12.9. The van der Waals surface area contributed by atoms with Gasteiger partial charge in [-0.25, -0.2) is 4.98 Å². The maximum absolute atomic E-state index is 12.9. The van der Waals surface area contributed by atoms with Gasteiger partial charge in [0.05, 0.1) is 5.02 Å². The Hall–Kier alpha value is -3.38. The summed E-state index contributed by atoms with van der Waals surface area (Å²) in [4.78, 5) is 32.2. The Balaban J connectivity index is 1.38. The van der Waals surface area contributed by atoms with E-state index in [9.17, 15) is 9.59 Å². The average molecular weight is 449 g/mol. The first kappa shape index (κ1) is 21.8. The quantitative estimate of drug-likeness (QED) is 0.566. The van der Waals surface area contributed by atoms with Gasteiger partial charge in [-0.15, -0.1) is 0 Å². The number of benzene rings is 2. The Morgan fingerprint density at radius 2 is 1.72 bits per heavy atom. The molecular weight excluding hydrogens is 424 g/mol. The second-order valence-electron chi connectivity index (χ2n) is 7.88. The molecule has 6 nitrogen and oxygen atoms in total. The molecule has 0 radical (unpaired) electrons. The van der Waals surface area contributed by atoms with Gasteiger partial charge in [-0.2, -0.15) is 0 Å². The molecule has 164 valence electrons. The van der Waals surface area contributed by atoms with Crippen LogP contribution in [0.3, 0.4) is 0 Å². The van der Waals surface area contributed by atoms with Crippen molar-refractivity contribution in [3.63, 3.8) is 0 Å². The third-order valence-electron chi connectivity index (χ3n) is 5.77. The van der Waals surface area contributed by atoms with Crippen molar-refractivity contribution in [2.45, 2.75) is 19.8 Å². The van der Waals surface area contributed by atoms with E-state index in [4.69, 9.17) is 11.6 Å². The number of hydrogen-bond donors (Lipinski definition) is 2. The molecule has 3 aromatic rings. The third-order valence-corrected chi connectivity index (χ3v) is 5.99. The molecule has 0 saturated carbocycles. The molecule has 0 spiro atoms. The molecule has 0 unspecified atom stereocenters. The Morgan fingerprint density at radius 1 is 0.969 bits per heavy atom. The Bertz CT molecular complexity index is 1090. The highest BCUT2D eigenvalue weighted by Crippen LogP contribution is 2.26. The summed E-state index contributed by atoms with van der Waals surface area (Å²) in [5.74, 6) is 0.576. The molecule has 1 aromatic heterocycles. The van der Waals surface area contributed by atoms with Gasteiger partial charge in [0.2, 0.25) is 5.91 Å². The van der Waals surface area contributed by atoms with Gasteiger partial charge >= 0.3 is 0 Å². The minimum atomic E-state index is -0.200. The topological polar surface area (TPSA) is 74.3 Å². The van der Waals surface area contributed by atoms with E-state index in [0.29, 0.717) is 16.3 Å². The van der Waals surface area contributed by atoms with Gasteiger partial charge < -0.3 is 15.5 Å². The first-order valence-corrected chi connectivity index (χ1v) is 11.0. The molecule has 4 rings (SSSR count). The van der Waals surface area contributed by atoms with Gasteiger partial charge in [-0.1, -0.05) is 35.9 Å². The minimum absolute atomic E-state index is 0.0163. The first-order chi connectivity index (χ1) is 15.5. The number of nitrogens with one attached hydrogen (secondary N) is 2. The monoisotopic (exact) mass is 448 g/mol. The van der Waals surface area contributed by atoms with E-state index in [-0.39, 0.29) is 17.7 Å². The van der Waals surface area contributed by atoms with Crippen LogP contribution in [0.4, 0.5) is 17.2 Å². The van der Waals surface area contributed by atoms with Gasteiger partial charge in [-0.05, 0) is 61.7 Å². The second-order valence-corrected chi connectivity index (χ2v) is 8.32. The Kier molecular flexibility index (Phi) is 6.71.